The summed E-state index contributed by atoms with van der Waals surface area (Å²) in [4.78, 5) is 30.7. The first-order chi connectivity index (χ1) is 13.7. The van der Waals surface area contributed by atoms with Gasteiger partial charge in [-0.25, -0.2) is 18.2 Å². The van der Waals surface area contributed by atoms with Gasteiger partial charge in [0, 0.05) is 24.6 Å². The molecule has 1 heterocycles. The van der Waals surface area contributed by atoms with E-state index in [9.17, 15) is 23.3 Å². The number of aromatic nitrogens is 1. The molecule has 0 N–H and O–H groups in total. The summed E-state index contributed by atoms with van der Waals surface area (Å²) in [5.41, 5.74) is -0.171. The minimum Gasteiger partial charge on any atom is -0.493 e. The van der Waals surface area contributed by atoms with E-state index in [2.05, 4.69) is 4.98 Å². The Balaban J connectivity index is 2.32. The Bertz CT molecular complexity index is 992. The fraction of sp³-hybridized carbons (Fsp3) is 0.294. The zero-order valence-corrected chi connectivity index (χ0v) is 16.7. The molecule has 0 bridgehead atoms. The molecule has 1 aromatic carbocycles. The largest absolute Gasteiger partial charge is 0.493 e. The van der Waals surface area contributed by atoms with Crippen LogP contribution in [0.5, 0.6) is 17.4 Å². The standard InChI is InChI=1S/C17H19N3O8S/c1-4-5-17(21)28-20(29(3,24)25)12-6-8-14(15(10-12)26-2)27-16-9-7-13(11-18-16)19(22)23/h6-11H,4-5H2,1-3H3. The van der Waals surface area contributed by atoms with Crippen molar-refractivity contribution in [2.24, 2.45) is 0 Å². The zero-order valence-electron chi connectivity index (χ0n) is 15.9. The average molecular weight is 425 g/mol. The van der Waals surface area contributed by atoms with Crippen LogP contribution in [0, 0.1) is 10.1 Å². The fourth-order valence-corrected chi connectivity index (χ4v) is 2.88. The first-order valence-corrected chi connectivity index (χ1v) is 10.2. The molecule has 2 aromatic rings. The minimum atomic E-state index is -3.92. The number of hydrogen-bond donors (Lipinski definition) is 0. The van der Waals surface area contributed by atoms with E-state index in [1.165, 1.54) is 37.4 Å². The van der Waals surface area contributed by atoms with Crippen molar-refractivity contribution in [3.63, 3.8) is 0 Å². The first-order valence-electron chi connectivity index (χ1n) is 8.33. The monoisotopic (exact) mass is 425 g/mol. The highest BCUT2D eigenvalue weighted by atomic mass is 32.2. The predicted molar refractivity (Wildman–Crippen MR) is 102 cm³/mol. The van der Waals surface area contributed by atoms with Gasteiger partial charge in [-0.2, -0.15) is 0 Å². The molecule has 0 radical (unpaired) electrons. The third kappa shape index (κ3) is 5.78. The lowest BCUT2D eigenvalue weighted by atomic mass is 10.3. The average Bonchev–Trinajstić information content (AvgIpc) is 2.66. The number of ether oxygens (including phenoxy) is 2. The van der Waals surface area contributed by atoms with Crippen LogP contribution in [0.4, 0.5) is 11.4 Å². The van der Waals surface area contributed by atoms with Gasteiger partial charge < -0.3 is 14.3 Å². The molecule has 0 unspecified atom stereocenters. The smallest absolute Gasteiger partial charge is 0.333 e. The summed E-state index contributed by atoms with van der Waals surface area (Å²) in [5.74, 6) is -0.336. The van der Waals surface area contributed by atoms with Crippen molar-refractivity contribution in [3.8, 4) is 17.4 Å². The number of nitro groups is 1. The molecule has 0 spiro atoms. The van der Waals surface area contributed by atoms with Gasteiger partial charge in [-0.3, -0.25) is 10.1 Å². The summed E-state index contributed by atoms with van der Waals surface area (Å²) in [7, 11) is -2.59. The number of sulfonamides is 1. The van der Waals surface area contributed by atoms with E-state index in [1.54, 1.807) is 6.92 Å². The molecule has 2 rings (SSSR count). The summed E-state index contributed by atoms with van der Waals surface area (Å²) in [6, 6.07) is 6.58. The molecule has 12 heteroatoms. The van der Waals surface area contributed by atoms with E-state index in [0.29, 0.717) is 10.9 Å². The van der Waals surface area contributed by atoms with Gasteiger partial charge in [0.15, 0.2) is 11.5 Å². The van der Waals surface area contributed by atoms with E-state index in [0.717, 1.165) is 12.5 Å². The summed E-state index contributed by atoms with van der Waals surface area (Å²) >= 11 is 0. The van der Waals surface area contributed by atoms with Crippen molar-refractivity contribution < 1.29 is 32.4 Å². The van der Waals surface area contributed by atoms with Crippen LogP contribution in [-0.4, -0.2) is 37.7 Å². The minimum absolute atomic E-state index is 0.0258. The third-order valence-electron chi connectivity index (χ3n) is 3.44. The Hall–Kier alpha value is -3.41. The van der Waals surface area contributed by atoms with Crippen LogP contribution in [0.15, 0.2) is 36.5 Å². The van der Waals surface area contributed by atoms with Gasteiger partial charge in [0.2, 0.25) is 5.88 Å². The second kappa shape index (κ2) is 9.19. The third-order valence-corrected chi connectivity index (χ3v) is 4.33. The highest BCUT2D eigenvalue weighted by molar-refractivity contribution is 7.91. The van der Waals surface area contributed by atoms with Gasteiger partial charge in [-0.1, -0.05) is 11.4 Å². The second-order valence-electron chi connectivity index (χ2n) is 5.75. The fourth-order valence-electron chi connectivity index (χ4n) is 2.16. The molecule has 0 atom stereocenters. The summed E-state index contributed by atoms with van der Waals surface area (Å²) < 4.78 is 35.3. The maximum absolute atomic E-state index is 12.0. The molecular formula is C17H19N3O8S. The van der Waals surface area contributed by atoms with Gasteiger partial charge >= 0.3 is 5.97 Å². The van der Waals surface area contributed by atoms with Crippen LogP contribution in [-0.2, 0) is 19.7 Å². The molecule has 0 saturated carbocycles. The van der Waals surface area contributed by atoms with Gasteiger partial charge in [0.05, 0.1) is 24.0 Å². The number of nitrogens with zero attached hydrogens (tertiary/aromatic N) is 3. The predicted octanol–water partition coefficient (Wildman–Crippen LogP) is 2.82. The maximum atomic E-state index is 12.0. The van der Waals surface area contributed by atoms with E-state index < -0.39 is 20.9 Å². The van der Waals surface area contributed by atoms with Gasteiger partial charge in [0.1, 0.15) is 6.20 Å². The lowest BCUT2D eigenvalue weighted by Crippen LogP contribution is -2.32. The maximum Gasteiger partial charge on any atom is 0.333 e. The van der Waals surface area contributed by atoms with Crippen LogP contribution < -0.4 is 13.9 Å². The van der Waals surface area contributed by atoms with Crippen LogP contribution in [0.25, 0.3) is 0 Å². The topological polar surface area (TPSA) is 138 Å². The SMILES string of the molecule is CCCC(=O)ON(c1ccc(Oc2ccc([N+](=O)[O-])cn2)c(OC)c1)S(C)(=O)=O. The molecule has 0 aliphatic rings. The van der Waals surface area contributed by atoms with Crippen molar-refractivity contribution in [1.29, 1.82) is 0 Å². The van der Waals surface area contributed by atoms with E-state index in [4.69, 9.17) is 14.3 Å². The van der Waals surface area contributed by atoms with Crippen molar-refractivity contribution >= 4 is 27.4 Å². The molecule has 0 saturated heterocycles. The number of carbonyl (C=O) groups excluding carboxylic acids is 1. The lowest BCUT2D eigenvalue weighted by molar-refractivity contribution is -0.385. The van der Waals surface area contributed by atoms with Crippen LogP contribution in [0.3, 0.4) is 0 Å². The van der Waals surface area contributed by atoms with E-state index in [-0.39, 0.29) is 35.2 Å². The second-order valence-corrected chi connectivity index (χ2v) is 7.55. The normalized spacial score (nSPS) is 10.9. The first kappa shape index (κ1) is 21.9. The number of benzene rings is 1. The van der Waals surface area contributed by atoms with Crippen molar-refractivity contribution in [2.45, 2.75) is 19.8 Å². The lowest BCUT2D eigenvalue weighted by Gasteiger charge is -2.21. The van der Waals surface area contributed by atoms with Crippen molar-refractivity contribution in [3.05, 3.63) is 46.6 Å². The van der Waals surface area contributed by atoms with E-state index >= 15 is 0 Å². The molecule has 0 fully saturated rings. The van der Waals surface area contributed by atoms with E-state index in [1.807, 2.05) is 0 Å². The van der Waals surface area contributed by atoms with Gasteiger partial charge in [-0.05, 0) is 18.6 Å². The van der Waals surface area contributed by atoms with Crippen LogP contribution in [0.1, 0.15) is 19.8 Å². The van der Waals surface area contributed by atoms with Crippen molar-refractivity contribution in [2.75, 3.05) is 17.8 Å². The highest BCUT2D eigenvalue weighted by Crippen LogP contribution is 2.35. The van der Waals surface area contributed by atoms with Crippen LogP contribution in [0.2, 0.25) is 0 Å². The number of methoxy groups -OCH3 is 1. The molecular weight excluding hydrogens is 406 g/mol. The number of pyridine rings is 1. The molecule has 0 aliphatic heterocycles. The molecule has 29 heavy (non-hydrogen) atoms. The Morgan fingerprint density at radius 2 is 1.97 bits per heavy atom. The molecule has 1 aromatic heterocycles. The number of anilines is 1. The molecule has 0 amide bonds. The zero-order chi connectivity index (χ0) is 21.6. The Morgan fingerprint density at radius 1 is 1.24 bits per heavy atom. The number of rotatable bonds is 9. The van der Waals surface area contributed by atoms with Crippen LogP contribution >= 0.6 is 0 Å². The summed E-state index contributed by atoms with van der Waals surface area (Å²) in [5, 5.41) is 10.7. The Kier molecular flexibility index (Phi) is 6.93. The highest BCUT2D eigenvalue weighted by Gasteiger charge is 2.24. The Labute approximate surface area is 167 Å². The summed E-state index contributed by atoms with van der Waals surface area (Å²) in [6.45, 7) is 1.76. The van der Waals surface area contributed by atoms with Crippen molar-refractivity contribution in [1.82, 2.24) is 4.98 Å². The molecule has 156 valence electrons. The summed E-state index contributed by atoms with van der Waals surface area (Å²) in [6.07, 6.45) is 2.48. The quantitative estimate of drug-likeness (QED) is 0.438. The molecule has 11 nitrogen and oxygen atoms in total. The number of hydrogen-bond acceptors (Lipinski definition) is 9. The molecule has 0 aliphatic carbocycles. The van der Waals surface area contributed by atoms with Gasteiger partial charge in [-0.15, -0.1) is 0 Å². The Morgan fingerprint density at radius 3 is 2.48 bits per heavy atom. The number of carbonyl (C=O) groups is 1. The van der Waals surface area contributed by atoms with Gasteiger partial charge in [0.25, 0.3) is 15.7 Å².